The number of nitrogens with zero attached hydrogens (tertiary/aromatic N) is 2. The van der Waals surface area contributed by atoms with Crippen molar-refractivity contribution < 1.29 is 23.0 Å². The Morgan fingerprint density at radius 1 is 1.07 bits per heavy atom. The first-order valence-electron chi connectivity index (χ1n) is 9.79. The molecule has 0 aliphatic carbocycles. The summed E-state index contributed by atoms with van der Waals surface area (Å²) < 4.78 is 46.4. The van der Waals surface area contributed by atoms with Crippen LogP contribution in [0.2, 0.25) is 0 Å². The molecule has 0 amide bonds. The lowest BCUT2D eigenvalue weighted by atomic mass is 9.99. The van der Waals surface area contributed by atoms with Crippen molar-refractivity contribution in [1.82, 2.24) is 9.47 Å². The van der Waals surface area contributed by atoms with Gasteiger partial charge in [-0.05, 0) is 53.9 Å². The maximum atomic E-state index is 13.0. The fourth-order valence-corrected chi connectivity index (χ4v) is 4.11. The lowest BCUT2D eigenvalue weighted by molar-refractivity contribution is -0.137. The molecule has 1 atom stereocenters. The van der Waals surface area contributed by atoms with Gasteiger partial charge >= 0.3 is 6.18 Å². The van der Waals surface area contributed by atoms with E-state index in [1.165, 1.54) is 7.11 Å². The molecule has 0 radical (unpaired) electrons. The van der Waals surface area contributed by atoms with Crippen molar-refractivity contribution in [2.45, 2.75) is 31.7 Å². The van der Waals surface area contributed by atoms with Gasteiger partial charge in [0, 0.05) is 31.5 Å². The highest BCUT2D eigenvalue weighted by Crippen LogP contribution is 2.36. The summed E-state index contributed by atoms with van der Waals surface area (Å²) >= 11 is 0. The van der Waals surface area contributed by atoms with Gasteiger partial charge in [0.2, 0.25) is 0 Å². The molecule has 158 valence electrons. The number of hydrogen-bond donors (Lipinski definition) is 1. The highest BCUT2D eigenvalue weighted by Gasteiger charge is 2.32. The summed E-state index contributed by atoms with van der Waals surface area (Å²) in [6.07, 6.45) is -1.43. The number of phenols is 1. The Kier molecular flexibility index (Phi) is 5.47. The van der Waals surface area contributed by atoms with Crippen LogP contribution in [0.4, 0.5) is 13.2 Å². The Labute approximate surface area is 173 Å². The van der Waals surface area contributed by atoms with E-state index < -0.39 is 11.7 Å². The molecule has 1 aliphatic rings. The summed E-state index contributed by atoms with van der Waals surface area (Å²) in [4.78, 5) is 2.24. The van der Waals surface area contributed by atoms with E-state index in [-0.39, 0.29) is 11.8 Å². The van der Waals surface area contributed by atoms with E-state index in [0.29, 0.717) is 12.3 Å². The molecule has 2 aromatic carbocycles. The minimum Gasteiger partial charge on any atom is -0.504 e. The Bertz CT molecular complexity index is 1010. The van der Waals surface area contributed by atoms with E-state index >= 15 is 0 Å². The summed E-state index contributed by atoms with van der Waals surface area (Å²) in [5, 5.41) is 10.1. The van der Waals surface area contributed by atoms with Crippen molar-refractivity contribution in [3.05, 3.63) is 83.2 Å². The molecule has 2 heterocycles. The second-order valence-electron chi connectivity index (χ2n) is 7.48. The molecule has 4 rings (SSSR count). The molecule has 0 saturated heterocycles. The molecule has 1 aromatic heterocycles. The number of phenolic OH excluding ortho intramolecular Hbond substituents is 1. The summed E-state index contributed by atoms with van der Waals surface area (Å²) in [6.45, 7) is 2.18. The van der Waals surface area contributed by atoms with Crippen LogP contribution in [-0.2, 0) is 19.3 Å². The number of aromatic hydroxyl groups is 1. The van der Waals surface area contributed by atoms with Gasteiger partial charge in [0.15, 0.2) is 11.5 Å². The first kappa shape index (κ1) is 20.3. The van der Waals surface area contributed by atoms with E-state index in [4.69, 9.17) is 4.74 Å². The van der Waals surface area contributed by atoms with Crippen molar-refractivity contribution in [3.8, 4) is 11.5 Å². The number of fused-ring (bicyclic) bond motifs is 1. The fraction of sp³-hybridized carbons (Fsp3) is 0.304. The van der Waals surface area contributed by atoms with Crippen LogP contribution in [0.3, 0.4) is 0 Å². The predicted molar refractivity (Wildman–Crippen MR) is 107 cm³/mol. The van der Waals surface area contributed by atoms with E-state index in [2.05, 4.69) is 9.47 Å². The van der Waals surface area contributed by atoms with Gasteiger partial charge in [-0.2, -0.15) is 13.2 Å². The number of methoxy groups -OCH3 is 1. The average Bonchev–Trinajstić information content (AvgIpc) is 3.09. The van der Waals surface area contributed by atoms with Crippen molar-refractivity contribution in [3.63, 3.8) is 0 Å². The number of hydrogen-bond acceptors (Lipinski definition) is 3. The monoisotopic (exact) mass is 416 g/mol. The lowest BCUT2D eigenvalue weighted by Crippen LogP contribution is -2.29. The third-order valence-electron chi connectivity index (χ3n) is 5.54. The van der Waals surface area contributed by atoms with Crippen LogP contribution in [0.15, 0.2) is 60.8 Å². The molecular formula is C23H23F3N2O2. The first-order chi connectivity index (χ1) is 14.4. The molecule has 1 unspecified atom stereocenters. The minimum atomic E-state index is -4.36. The van der Waals surface area contributed by atoms with E-state index in [0.717, 1.165) is 48.5 Å². The zero-order chi connectivity index (χ0) is 21.3. The van der Waals surface area contributed by atoms with Crippen LogP contribution >= 0.6 is 0 Å². The number of aryl methyl sites for hydroxylation is 1. The lowest BCUT2D eigenvalue weighted by Gasteiger charge is -2.31. The van der Waals surface area contributed by atoms with Gasteiger partial charge in [0.05, 0.1) is 18.7 Å². The standard InChI is InChI=1S/C23H23F3N2O2/c1-30-21-10-5-16(14-20(21)29)15-28-13-3-12-27-11-2-4-19(27)22(28)17-6-8-18(9-7-17)23(24,25)26/h2,4-11,14,22,29H,3,12-13,15H2,1H3. The summed E-state index contributed by atoms with van der Waals surface area (Å²) in [5.74, 6) is 0.474. The molecule has 4 nitrogen and oxygen atoms in total. The number of alkyl halides is 3. The Morgan fingerprint density at radius 2 is 1.83 bits per heavy atom. The van der Waals surface area contributed by atoms with Gasteiger partial charge in [-0.25, -0.2) is 0 Å². The van der Waals surface area contributed by atoms with Gasteiger partial charge in [-0.15, -0.1) is 0 Å². The molecule has 0 saturated carbocycles. The highest BCUT2D eigenvalue weighted by atomic mass is 19.4. The van der Waals surface area contributed by atoms with Crippen molar-refractivity contribution >= 4 is 0 Å². The predicted octanol–water partition coefficient (Wildman–Crippen LogP) is 5.22. The fourth-order valence-electron chi connectivity index (χ4n) is 4.11. The molecular weight excluding hydrogens is 393 g/mol. The van der Waals surface area contributed by atoms with E-state index in [1.54, 1.807) is 24.3 Å². The van der Waals surface area contributed by atoms with Gasteiger partial charge < -0.3 is 14.4 Å². The quantitative estimate of drug-likeness (QED) is 0.634. The Morgan fingerprint density at radius 3 is 2.50 bits per heavy atom. The second-order valence-corrected chi connectivity index (χ2v) is 7.48. The van der Waals surface area contributed by atoms with E-state index in [9.17, 15) is 18.3 Å². The number of ether oxygens (including phenoxy) is 1. The molecule has 1 aliphatic heterocycles. The highest BCUT2D eigenvalue weighted by molar-refractivity contribution is 5.42. The molecule has 0 fully saturated rings. The minimum absolute atomic E-state index is 0.0688. The van der Waals surface area contributed by atoms with Crippen LogP contribution in [0, 0.1) is 0 Å². The first-order valence-corrected chi connectivity index (χ1v) is 9.79. The number of halogens is 3. The van der Waals surface area contributed by atoms with Crippen LogP contribution in [0.1, 0.15) is 34.8 Å². The molecule has 0 spiro atoms. The topological polar surface area (TPSA) is 37.6 Å². The number of aromatic nitrogens is 1. The zero-order valence-electron chi connectivity index (χ0n) is 16.6. The molecule has 3 aromatic rings. The van der Waals surface area contributed by atoms with Crippen LogP contribution in [0.25, 0.3) is 0 Å². The zero-order valence-corrected chi connectivity index (χ0v) is 16.6. The Hall–Kier alpha value is -2.93. The van der Waals surface area contributed by atoms with Crippen molar-refractivity contribution in [2.24, 2.45) is 0 Å². The van der Waals surface area contributed by atoms with Gasteiger partial charge in [0.1, 0.15) is 0 Å². The van der Waals surface area contributed by atoms with E-state index in [1.807, 2.05) is 24.4 Å². The normalized spacial score (nSPS) is 17.4. The van der Waals surface area contributed by atoms with Gasteiger partial charge in [-0.3, -0.25) is 4.90 Å². The van der Waals surface area contributed by atoms with Gasteiger partial charge in [-0.1, -0.05) is 18.2 Å². The Balaban J connectivity index is 1.70. The molecule has 0 bridgehead atoms. The third kappa shape index (κ3) is 4.03. The number of rotatable bonds is 4. The number of benzene rings is 2. The van der Waals surface area contributed by atoms with Crippen LogP contribution in [-0.4, -0.2) is 28.2 Å². The van der Waals surface area contributed by atoms with Crippen molar-refractivity contribution in [1.29, 1.82) is 0 Å². The third-order valence-corrected chi connectivity index (χ3v) is 5.54. The average molecular weight is 416 g/mol. The summed E-state index contributed by atoms with van der Waals surface area (Å²) in [5.41, 5.74) is 2.11. The molecule has 7 heteroatoms. The largest absolute Gasteiger partial charge is 0.504 e. The summed E-state index contributed by atoms with van der Waals surface area (Å²) in [6, 6.07) is 14.5. The maximum Gasteiger partial charge on any atom is 0.416 e. The van der Waals surface area contributed by atoms with Crippen molar-refractivity contribution in [2.75, 3.05) is 13.7 Å². The maximum absolute atomic E-state index is 13.0. The van der Waals surface area contributed by atoms with Crippen LogP contribution in [0.5, 0.6) is 11.5 Å². The second kappa shape index (κ2) is 8.07. The van der Waals surface area contributed by atoms with Crippen LogP contribution < -0.4 is 4.74 Å². The molecule has 30 heavy (non-hydrogen) atoms. The molecule has 1 N–H and O–H groups in total. The SMILES string of the molecule is COc1ccc(CN2CCCn3cccc3C2c2ccc(C(F)(F)F)cc2)cc1O. The summed E-state index contributed by atoms with van der Waals surface area (Å²) in [7, 11) is 1.50. The van der Waals surface area contributed by atoms with Gasteiger partial charge in [0.25, 0.3) is 0 Å². The smallest absolute Gasteiger partial charge is 0.416 e.